The van der Waals surface area contributed by atoms with Crippen LogP contribution in [0.15, 0.2) is 0 Å². The van der Waals surface area contributed by atoms with Gasteiger partial charge in [-0.2, -0.15) is 0 Å². The van der Waals surface area contributed by atoms with Gasteiger partial charge in [0.15, 0.2) is 6.17 Å². The molecule has 0 aromatic heterocycles. The van der Waals surface area contributed by atoms with Gasteiger partial charge >= 0.3 is 0 Å². The average molecular weight is 177 g/mol. The van der Waals surface area contributed by atoms with E-state index in [1.165, 1.54) is 0 Å². The molecule has 2 saturated heterocycles. The number of aliphatic hydroxyl groups is 3. The maximum absolute atomic E-state index is 13.1. The highest BCUT2D eigenvalue weighted by Crippen LogP contribution is 2.35. The van der Waals surface area contributed by atoms with Crippen LogP contribution in [0.5, 0.6) is 0 Å². The second-order valence-electron chi connectivity index (χ2n) is 3.59. The fourth-order valence-electron chi connectivity index (χ4n) is 2.00. The summed E-state index contributed by atoms with van der Waals surface area (Å²) in [4.78, 5) is 0. The molecular weight excluding hydrogens is 165 g/mol. The van der Waals surface area contributed by atoms with Gasteiger partial charge in [-0.3, -0.25) is 5.32 Å². The third kappa shape index (κ3) is 0.908. The van der Waals surface area contributed by atoms with Crippen molar-refractivity contribution >= 4 is 0 Å². The molecule has 5 atom stereocenters. The molecule has 0 aliphatic carbocycles. The van der Waals surface area contributed by atoms with Gasteiger partial charge in [0, 0.05) is 6.04 Å². The quantitative estimate of drug-likeness (QED) is 0.363. The molecule has 2 fully saturated rings. The number of alkyl halides is 1. The predicted octanol–water partition coefficient (Wildman–Crippen LogP) is -1.50. The highest BCUT2D eigenvalue weighted by atomic mass is 19.1. The fourth-order valence-corrected chi connectivity index (χ4v) is 2.00. The van der Waals surface area contributed by atoms with Crippen LogP contribution in [0.25, 0.3) is 0 Å². The van der Waals surface area contributed by atoms with E-state index < -0.39 is 30.1 Å². The molecule has 0 radical (unpaired) electrons. The molecule has 5 unspecified atom stereocenters. The third-order valence-corrected chi connectivity index (χ3v) is 2.80. The van der Waals surface area contributed by atoms with Gasteiger partial charge in [-0.15, -0.1) is 0 Å². The van der Waals surface area contributed by atoms with Crippen LogP contribution < -0.4 is 5.32 Å². The Morgan fingerprint density at radius 2 is 2.08 bits per heavy atom. The van der Waals surface area contributed by atoms with E-state index in [0.717, 1.165) is 0 Å². The molecule has 0 aromatic carbocycles. The van der Waals surface area contributed by atoms with Gasteiger partial charge in [-0.25, -0.2) is 4.39 Å². The minimum Gasteiger partial charge on any atom is -0.388 e. The first-order valence-electron chi connectivity index (χ1n) is 4.05. The van der Waals surface area contributed by atoms with E-state index in [9.17, 15) is 19.7 Å². The zero-order valence-electron chi connectivity index (χ0n) is 6.44. The van der Waals surface area contributed by atoms with E-state index in [1.54, 1.807) is 0 Å². The molecule has 0 spiro atoms. The Kier molecular flexibility index (Phi) is 1.66. The van der Waals surface area contributed by atoms with Crippen LogP contribution in [-0.4, -0.2) is 45.5 Å². The van der Waals surface area contributed by atoms with E-state index in [-0.39, 0.29) is 6.42 Å². The first-order chi connectivity index (χ1) is 5.54. The van der Waals surface area contributed by atoms with Gasteiger partial charge in [0.05, 0.1) is 0 Å². The normalized spacial score (nSPS) is 59.0. The van der Waals surface area contributed by atoms with Crippen molar-refractivity contribution in [2.75, 3.05) is 0 Å². The Morgan fingerprint density at radius 3 is 2.75 bits per heavy atom. The molecule has 2 heterocycles. The smallest absolute Gasteiger partial charge is 0.157 e. The number of fused-ring (bicyclic) bond motifs is 2. The van der Waals surface area contributed by atoms with Crippen molar-refractivity contribution in [3.8, 4) is 0 Å². The van der Waals surface area contributed by atoms with Gasteiger partial charge in [-0.1, -0.05) is 0 Å². The zero-order valence-corrected chi connectivity index (χ0v) is 6.44. The molecule has 0 amide bonds. The summed E-state index contributed by atoms with van der Waals surface area (Å²) in [6.45, 7) is 0. The minimum absolute atomic E-state index is 0.288. The lowest BCUT2D eigenvalue weighted by Crippen LogP contribution is -2.66. The summed E-state index contributed by atoms with van der Waals surface area (Å²) in [5.74, 6) is 0. The molecule has 4 nitrogen and oxygen atoms in total. The third-order valence-electron chi connectivity index (χ3n) is 2.80. The van der Waals surface area contributed by atoms with E-state index >= 15 is 0 Å². The van der Waals surface area contributed by atoms with Gasteiger partial charge in [0.2, 0.25) is 0 Å². The molecule has 2 aliphatic heterocycles. The molecule has 2 bridgehead atoms. The topological polar surface area (TPSA) is 72.7 Å². The predicted molar refractivity (Wildman–Crippen MR) is 38.0 cm³/mol. The van der Waals surface area contributed by atoms with Crippen LogP contribution in [-0.2, 0) is 0 Å². The average Bonchev–Trinajstić information content (AvgIpc) is 2.41. The van der Waals surface area contributed by atoms with Crippen LogP contribution in [0.1, 0.15) is 12.8 Å². The summed E-state index contributed by atoms with van der Waals surface area (Å²) >= 11 is 0. The summed E-state index contributed by atoms with van der Waals surface area (Å²) < 4.78 is 13.1. The molecule has 0 saturated carbocycles. The Labute approximate surface area is 69.0 Å². The summed E-state index contributed by atoms with van der Waals surface area (Å²) in [5, 5.41) is 30.7. The van der Waals surface area contributed by atoms with Crippen LogP contribution in [0.4, 0.5) is 4.39 Å². The zero-order chi connectivity index (χ0) is 8.93. The van der Waals surface area contributed by atoms with E-state index in [1.807, 2.05) is 0 Å². The maximum atomic E-state index is 13.1. The van der Waals surface area contributed by atoms with Gasteiger partial charge in [0.25, 0.3) is 0 Å². The highest BCUT2D eigenvalue weighted by Gasteiger charge is 2.55. The number of halogens is 1. The SMILES string of the molecule is OC1C2CCC(O)(N2)C(O)C1F. The van der Waals surface area contributed by atoms with E-state index in [4.69, 9.17) is 0 Å². The molecular formula is C7H12FNO3. The van der Waals surface area contributed by atoms with Crippen LogP contribution >= 0.6 is 0 Å². The molecule has 70 valence electrons. The number of aliphatic hydroxyl groups excluding tert-OH is 2. The monoisotopic (exact) mass is 177 g/mol. The number of hydrogen-bond donors (Lipinski definition) is 4. The molecule has 2 rings (SSSR count). The van der Waals surface area contributed by atoms with Gasteiger partial charge < -0.3 is 15.3 Å². The van der Waals surface area contributed by atoms with Crippen LogP contribution in [0.3, 0.4) is 0 Å². The minimum atomic E-state index is -1.75. The number of nitrogens with one attached hydrogen (secondary N) is 1. The second kappa shape index (κ2) is 2.38. The summed E-state index contributed by atoms with van der Waals surface area (Å²) in [5.41, 5.74) is -1.52. The second-order valence-corrected chi connectivity index (χ2v) is 3.59. The van der Waals surface area contributed by atoms with Crippen molar-refractivity contribution in [1.82, 2.24) is 5.32 Å². The standard InChI is InChI=1S/C7H12FNO3/c8-4-5(10)3-1-2-7(12,9-3)6(4)11/h3-6,9-12H,1-2H2. The lowest BCUT2D eigenvalue weighted by atomic mass is 9.95. The Morgan fingerprint density at radius 1 is 1.42 bits per heavy atom. The van der Waals surface area contributed by atoms with Crippen molar-refractivity contribution in [3.63, 3.8) is 0 Å². The summed E-state index contributed by atoms with van der Waals surface area (Å²) in [7, 11) is 0. The maximum Gasteiger partial charge on any atom is 0.157 e. The summed E-state index contributed by atoms with van der Waals surface area (Å²) in [6.07, 6.45) is -3.69. The fraction of sp³-hybridized carbons (Fsp3) is 1.00. The van der Waals surface area contributed by atoms with E-state index in [2.05, 4.69) is 5.32 Å². The largest absolute Gasteiger partial charge is 0.388 e. The molecule has 4 N–H and O–H groups in total. The van der Waals surface area contributed by atoms with Gasteiger partial charge in [-0.05, 0) is 12.8 Å². The molecule has 5 heteroatoms. The molecule has 0 aromatic rings. The first kappa shape index (κ1) is 8.37. The Hall–Kier alpha value is -0.230. The van der Waals surface area contributed by atoms with Crippen molar-refractivity contribution in [3.05, 3.63) is 0 Å². The lowest BCUT2D eigenvalue weighted by molar-refractivity contribution is -0.165. The van der Waals surface area contributed by atoms with Crippen molar-refractivity contribution in [2.45, 2.75) is 43.0 Å². The number of hydrogen-bond acceptors (Lipinski definition) is 4. The van der Waals surface area contributed by atoms with Crippen LogP contribution in [0, 0.1) is 0 Å². The van der Waals surface area contributed by atoms with Gasteiger partial charge in [0.1, 0.15) is 17.9 Å². The first-order valence-corrected chi connectivity index (χ1v) is 4.05. The van der Waals surface area contributed by atoms with Crippen molar-refractivity contribution in [2.24, 2.45) is 0 Å². The lowest BCUT2D eigenvalue weighted by Gasteiger charge is -2.39. The summed E-state index contributed by atoms with van der Waals surface area (Å²) in [6, 6.07) is -0.423. The number of piperidine rings is 1. The number of rotatable bonds is 0. The molecule has 2 aliphatic rings. The van der Waals surface area contributed by atoms with Crippen molar-refractivity contribution in [1.29, 1.82) is 0 Å². The van der Waals surface area contributed by atoms with Crippen LogP contribution in [0.2, 0.25) is 0 Å². The molecule has 12 heavy (non-hydrogen) atoms. The van der Waals surface area contributed by atoms with E-state index in [0.29, 0.717) is 6.42 Å². The Bertz CT molecular complexity index is 203. The highest BCUT2D eigenvalue weighted by molar-refractivity contribution is 5.07. The Balaban J connectivity index is 2.25. The van der Waals surface area contributed by atoms with Crippen molar-refractivity contribution < 1.29 is 19.7 Å².